The Kier molecular flexibility index (Phi) is 2.71. The lowest BCUT2D eigenvalue weighted by molar-refractivity contribution is -0.384. The Morgan fingerprint density at radius 3 is 2.80 bits per heavy atom. The molecule has 1 aliphatic rings. The van der Waals surface area contributed by atoms with Crippen LogP contribution in [0, 0.1) is 10.1 Å². The van der Waals surface area contributed by atoms with Crippen LogP contribution in [-0.4, -0.2) is 27.6 Å². The number of H-pyrrole nitrogens is 1. The van der Waals surface area contributed by atoms with E-state index in [1.165, 1.54) is 24.5 Å². The van der Waals surface area contributed by atoms with Gasteiger partial charge < -0.3 is 19.8 Å². The van der Waals surface area contributed by atoms with E-state index in [9.17, 15) is 14.9 Å². The number of aromatic amines is 1. The van der Waals surface area contributed by atoms with Crippen molar-refractivity contribution in [3.05, 3.63) is 40.5 Å². The minimum atomic E-state index is -0.611. The Morgan fingerprint density at radius 2 is 2.15 bits per heavy atom. The lowest BCUT2D eigenvalue weighted by atomic mass is 10.2. The fourth-order valence-electron chi connectivity index (χ4n) is 1.75. The third kappa shape index (κ3) is 2.00. The monoisotopic (exact) mass is 276 g/mol. The maximum Gasteiger partial charge on any atom is 0.296 e. The van der Waals surface area contributed by atoms with Gasteiger partial charge in [-0.3, -0.25) is 14.9 Å². The van der Waals surface area contributed by atoms with Crippen LogP contribution in [0.1, 0.15) is 10.6 Å². The number of aromatic nitrogens is 2. The SMILES string of the molecule is O=C(Nc1cc2c(cc1[N+](=O)[O-])OCO2)c1ncc[nH]1. The second kappa shape index (κ2) is 4.53. The van der Waals surface area contributed by atoms with Gasteiger partial charge in [0.1, 0.15) is 5.69 Å². The van der Waals surface area contributed by atoms with Crippen molar-refractivity contribution in [1.82, 2.24) is 9.97 Å². The molecule has 9 heteroatoms. The third-order valence-corrected chi connectivity index (χ3v) is 2.65. The number of anilines is 1. The number of rotatable bonds is 3. The molecule has 0 saturated carbocycles. The zero-order chi connectivity index (χ0) is 14.1. The predicted molar refractivity (Wildman–Crippen MR) is 65.8 cm³/mol. The number of ether oxygens (including phenoxy) is 2. The first kappa shape index (κ1) is 12.0. The van der Waals surface area contributed by atoms with Crippen molar-refractivity contribution in [3.63, 3.8) is 0 Å². The number of hydrogen-bond donors (Lipinski definition) is 2. The predicted octanol–water partition coefficient (Wildman–Crippen LogP) is 1.30. The van der Waals surface area contributed by atoms with E-state index in [1.807, 2.05) is 0 Å². The molecule has 0 aliphatic carbocycles. The molecular weight excluding hydrogens is 268 g/mol. The van der Waals surface area contributed by atoms with E-state index in [0.29, 0.717) is 5.75 Å². The van der Waals surface area contributed by atoms with E-state index in [-0.39, 0.29) is 29.7 Å². The van der Waals surface area contributed by atoms with Crippen molar-refractivity contribution in [2.24, 2.45) is 0 Å². The molecule has 0 radical (unpaired) electrons. The number of hydrogen-bond acceptors (Lipinski definition) is 6. The van der Waals surface area contributed by atoms with Crippen molar-refractivity contribution in [2.75, 3.05) is 12.1 Å². The number of imidazole rings is 1. The maximum atomic E-state index is 11.9. The smallest absolute Gasteiger partial charge is 0.296 e. The van der Waals surface area contributed by atoms with Gasteiger partial charge in [0.15, 0.2) is 17.3 Å². The molecule has 0 bridgehead atoms. The number of amides is 1. The molecule has 102 valence electrons. The summed E-state index contributed by atoms with van der Waals surface area (Å²) in [4.78, 5) is 28.6. The molecule has 0 fully saturated rings. The maximum absolute atomic E-state index is 11.9. The number of nitrogens with one attached hydrogen (secondary N) is 2. The van der Waals surface area contributed by atoms with Crippen LogP contribution < -0.4 is 14.8 Å². The summed E-state index contributed by atoms with van der Waals surface area (Å²) >= 11 is 0. The lowest BCUT2D eigenvalue weighted by Gasteiger charge is -2.05. The molecule has 0 saturated heterocycles. The van der Waals surface area contributed by atoms with Crippen molar-refractivity contribution < 1.29 is 19.2 Å². The Balaban J connectivity index is 1.96. The minimum Gasteiger partial charge on any atom is -0.454 e. The Hall–Kier alpha value is -3.10. The summed E-state index contributed by atoms with van der Waals surface area (Å²) in [6, 6.07) is 2.56. The van der Waals surface area contributed by atoms with E-state index in [1.54, 1.807) is 0 Å². The number of fused-ring (bicyclic) bond motifs is 1. The van der Waals surface area contributed by atoms with Gasteiger partial charge in [-0.05, 0) is 0 Å². The van der Waals surface area contributed by atoms with E-state index >= 15 is 0 Å². The number of carbonyl (C=O) groups is 1. The number of nitro benzene ring substituents is 1. The quantitative estimate of drug-likeness (QED) is 0.644. The van der Waals surface area contributed by atoms with Crippen LogP contribution in [0.2, 0.25) is 0 Å². The highest BCUT2D eigenvalue weighted by Gasteiger charge is 2.25. The van der Waals surface area contributed by atoms with Crippen LogP contribution in [0.5, 0.6) is 11.5 Å². The van der Waals surface area contributed by atoms with E-state index < -0.39 is 10.8 Å². The number of nitro groups is 1. The summed E-state index contributed by atoms with van der Waals surface area (Å²) in [5, 5.41) is 13.4. The number of nitrogens with zero attached hydrogens (tertiary/aromatic N) is 2. The van der Waals surface area contributed by atoms with Crippen LogP contribution in [0.25, 0.3) is 0 Å². The summed E-state index contributed by atoms with van der Waals surface area (Å²) < 4.78 is 10.2. The fraction of sp³-hybridized carbons (Fsp3) is 0.0909. The second-order valence-corrected chi connectivity index (χ2v) is 3.87. The molecule has 9 nitrogen and oxygen atoms in total. The Bertz CT molecular complexity index is 682. The Morgan fingerprint density at radius 1 is 1.40 bits per heavy atom. The minimum absolute atomic E-state index is 0.0118. The van der Waals surface area contributed by atoms with Crippen molar-refractivity contribution in [1.29, 1.82) is 0 Å². The molecule has 2 N–H and O–H groups in total. The zero-order valence-corrected chi connectivity index (χ0v) is 9.95. The molecule has 1 aromatic heterocycles. The second-order valence-electron chi connectivity index (χ2n) is 3.87. The van der Waals surface area contributed by atoms with Crippen LogP contribution in [-0.2, 0) is 0 Å². The van der Waals surface area contributed by atoms with Crippen LogP contribution in [0.15, 0.2) is 24.5 Å². The van der Waals surface area contributed by atoms with Gasteiger partial charge in [-0.2, -0.15) is 0 Å². The van der Waals surface area contributed by atoms with E-state index in [4.69, 9.17) is 9.47 Å². The summed E-state index contributed by atoms with van der Waals surface area (Å²) in [7, 11) is 0. The topological polar surface area (TPSA) is 119 Å². The van der Waals surface area contributed by atoms with Gasteiger partial charge in [-0.15, -0.1) is 0 Å². The molecule has 2 heterocycles. The van der Waals surface area contributed by atoms with Gasteiger partial charge in [0.05, 0.1) is 11.0 Å². The van der Waals surface area contributed by atoms with Crippen LogP contribution in [0.4, 0.5) is 11.4 Å². The summed E-state index contributed by atoms with van der Waals surface area (Å²) in [6.45, 7) is -0.0118. The highest BCUT2D eigenvalue weighted by atomic mass is 16.7. The highest BCUT2D eigenvalue weighted by molar-refractivity contribution is 6.03. The molecule has 1 aromatic carbocycles. The van der Waals surface area contributed by atoms with E-state index in [2.05, 4.69) is 15.3 Å². The van der Waals surface area contributed by atoms with Crippen LogP contribution >= 0.6 is 0 Å². The van der Waals surface area contributed by atoms with Crippen molar-refractivity contribution in [3.8, 4) is 11.5 Å². The van der Waals surface area contributed by atoms with Gasteiger partial charge in [0, 0.05) is 18.5 Å². The van der Waals surface area contributed by atoms with Crippen molar-refractivity contribution in [2.45, 2.75) is 0 Å². The van der Waals surface area contributed by atoms with Gasteiger partial charge in [-0.1, -0.05) is 0 Å². The zero-order valence-electron chi connectivity index (χ0n) is 9.95. The summed E-state index contributed by atoms with van der Waals surface area (Å²) in [5.41, 5.74) is -0.269. The van der Waals surface area contributed by atoms with Crippen molar-refractivity contribution >= 4 is 17.3 Å². The number of benzene rings is 1. The fourth-order valence-corrected chi connectivity index (χ4v) is 1.75. The molecule has 1 amide bonds. The number of carbonyl (C=O) groups excluding carboxylic acids is 1. The highest BCUT2D eigenvalue weighted by Crippen LogP contribution is 2.40. The normalized spacial score (nSPS) is 12.2. The largest absolute Gasteiger partial charge is 0.454 e. The first-order valence-electron chi connectivity index (χ1n) is 5.54. The lowest BCUT2D eigenvalue weighted by Crippen LogP contribution is -2.14. The molecule has 1 aliphatic heterocycles. The summed E-state index contributed by atoms with van der Waals surface area (Å²) in [6.07, 6.45) is 2.88. The summed E-state index contributed by atoms with van der Waals surface area (Å²) in [5.74, 6) is 0.0759. The van der Waals surface area contributed by atoms with E-state index in [0.717, 1.165) is 0 Å². The van der Waals surface area contributed by atoms with Gasteiger partial charge >= 0.3 is 0 Å². The molecule has 2 aromatic rings. The average molecular weight is 276 g/mol. The van der Waals surface area contributed by atoms with Gasteiger partial charge in [0.2, 0.25) is 6.79 Å². The standard InChI is InChI=1S/C11H8N4O5/c16-11(10-12-1-2-13-10)14-6-3-8-9(20-5-19-8)4-7(6)15(17)18/h1-4H,5H2,(H,12,13)(H,14,16). The first-order chi connectivity index (χ1) is 9.65. The first-order valence-corrected chi connectivity index (χ1v) is 5.54. The molecule has 20 heavy (non-hydrogen) atoms. The Labute approximate surface area is 111 Å². The third-order valence-electron chi connectivity index (χ3n) is 2.65. The average Bonchev–Trinajstić information content (AvgIpc) is 3.08. The van der Waals surface area contributed by atoms with Crippen LogP contribution in [0.3, 0.4) is 0 Å². The molecule has 0 atom stereocenters. The molecule has 0 unspecified atom stereocenters. The molecular formula is C11H8N4O5. The van der Waals surface area contributed by atoms with Gasteiger partial charge in [-0.25, -0.2) is 4.98 Å². The molecule has 0 spiro atoms. The van der Waals surface area contributed by atoms with Gasteiger partial charge in [0.25, 0.3) is 11.6 Å². The molecule has 3 rings (SSSR count).